The average Bonchev–Trinajstić information content (AvgIpc) is 3.22. The number of aliphatic carboxylic acids is 1. The number of rotatable bonds is 5. The molecule has 0 fully saturated rings. The lowest BCUT2D eigenvalue weighted by molar-refractivity contribution is -0.192. The minimum atomic E-state index is -5.08. The number of carboxylic acid groups (broad SMARTS) is 1. The Morgan fingerprint density at radius 3 is 2.46 bits per heavy atom. The number of amides is 1. The number of benzene rings is 2. The third-order valence-corrected chi connectivity index (χ3v) is 5.51. The number of fused-ring (bicyclic) bond motifs is 1. The van der Waals surface area contributed by atoms with Crippen molar-refractivity contribution in [3.05, 3.63) is 88.2 Å². The first kappa shape index (κ1) is 26.0. The van der Waals surface area contributed by atoms with E-state index in [4.69, 9.17) is 19.7 Å². The van der Waals surface area contributed by atoms with E-state index in [9.17, 15) is 18.0 Å². The summed E-state index contributed by atoms with van der Waals surface area (Å²) in [5.74, 6) is -2.84. The van der Waals surface area contributed by atoms with E-state index < -0.39 is 12.1 Å². The van der Waals surface area contributed by atoms with E-state index in [-0.39, 0.29) is 12.0 Å². The van der Waals surface area contributed by atoms with Crippen LogP contribution in [0.25, 0.3) is 0 Å². The summed E-state index contributed by atoms with van der Waals surface area (Å²) in [4.78, 5) is 21.4. The molecule has 2 aromatic carbocycles. The summed E-state index contributed by atoms with van der Waals surface area (Å²) in [5, 5.41) is 14.9. The van der Waals surface area contributed by atoms with Crippen molar-refractivity contribution in [2.24, 2.45) is 0 Å². The summed E-state index contributed by atoms with van der Waals surface area (Å²) in [7, 11) is 0. The summed E-state index contributed by atoms with van der Waals surface area (Å²) in [6.07, 6.45) is -2.34. The zero-order chi connectivity index (χ0) is 25.6. The average molecular weight is 489 g/mol. The van der Waals surface area contributed by atoms with Gasteiger partial charge in [0, 0.05) is 18.3 Å². The molecule has 1 aliphatic heterocycles. The SMILES string of the molecule is Cc1ccc(C(=O)NCC2OCCc3cn(Cc4ccccc4)nc32)cc1C.O=C(O)C(F)(F)F. The standard InChI is InChI=1S/C23H25N3O2.C2HF3O2/c1-16-8-9-19(12-17(16)2)23(27)24-13-21-22-20(10-11-28-21)15-26(25-22)14-18-6-4-3-5-7-18;3-2(4,5)1(6)7/h3-9,12,15,21H,10-11,13-14H2,1-2H3,(H,24,27);(H,6,7). The number of carboxylic acids is 1. The summed E-state index contributed by atoms with van der Waals surface area (Å²) in [6.45, 7) is 5.85. The van der Waals surface area contributed by atoms with Crippen molar-refractivity contribution < 1.29 is 32.6 Å². The molecule has 2 N–H and O–H groups in total. The molecule has 4 rings (SSSR count). The number of alkyl halides is 3. The Labute approximate surface area is 200 Å². The maximum atomic E-state index is 12.5. The van der Waals surface area contributed by atoms with E-state index >= 15 is 0 Å². The number of nitrogens with zero attached hydrogens (tertiary/aromatic N) is 2. The molecule has 1 aromatic heterocycles. The van der Waals surface area contributed by atoms with E-state index in [1.54, 1.807) is 0 Å². The Morgan fingerprint density at radius 2 is 1.83 bits per heavy atom. The Balaban J connectivity index is 0.000000429. The molecule has 0 saturated carbocycles. The highest BCUT2D eigenvalue weighted by molar-refractivity contribution is 5.94. The van der Waals surface area contributed by atoms with Crippen LogP contribution in [0.1, 0.15) is 44.4 Å². The van der Waals surface area contributed by atoms with E-state index in [2.05, 4.69) is 23.6 Å². The van der Waals surface area contributed by atoms with Gasteiger partial charge in [-0.15, -0.1) is 0 Å². The monoisotopic (exact) mass is 489 g/mol. The van der Waals surface area contributed by atoms with Gasteiger partial charge in [0.15, 0.2) is 0 Å². The van der Waals surface area contributed by atoms with Gasteiger partial charge in [-0.05, 0) is 54.7 Å². The molecular formula is C25H26F3N3O4. The van der Waals surface area contributed by atoms with Gasteiger partial charge in [-0.25, -0.2) is 4.79 Å². The van der Waals surface area contributed by atoms with Crippen LogP contribution in [0, 0.1) is 13.8 Å². The maximum Gasteiger partial charge on any atom is 0.490 e. The normalized spacial score (nSPS) is 14.9. The second-order valence-corrected chi connectivity index (χ2v) is 8.14. The zero-order valence-electron chi connectivity index (χ0n) is 19.3. The number of nitrogens with one attached hydrogen (secondary N) is 1. The molecule has 0 aliphatic carbocycles. The number of ether oxygens (including phenoxy) is 1. The Kier molecular flexibility index (Phi) is 8.29. The fourth-order valence-electron chi connectivity index (χ4n) is 3.51. The van der Waals surface area contributed by atoms with Crippen LogP contribution < -0.4 is 5.32 Å². The van der Waals surface area contributed by atoms with Crippen LogP contribution in [0.2, 0.25) is 0 Å². The molecule has 3 aromatic rings. The number of halogens is 3. The molecule has 7 nitrogen and oxygen atoms in total. The van der Waals surface area contributed by atoms with Gasteiger partial charge in [0.05, 0.1) is 18.8 Å². The van der Waals surface area contributed by atoms with E-state index in [1.165, 1.54) is 16.7 Å². The predicted molar refractivity (Wildman–Crippen MR) is 122 cm³/mol. The van der Waals surface area contributed by atoms with Gasteiger partial charge in [0.2, 0.25) is 0 Å². The van der Waals surface area contributed by atoms with Gasteiger partial charge in [0.25, 0.3) is 5.91 Å². The van der Waals surface area contributed by atoms with Gasteiger partial charge in [-0.2, -0.15) is 18.3 Å². The minimum Gasteiger partial charge on any atom is -0.475 e. The second-order valence-electron chi connectivity index (χ2n) is 8.14. The van der Waals surface area contributed by atoms with Gasteiger partial charge in [-0.3, -0.25) is 9.48 Å². The number of carbonyl (C=O) groups is 2. The predicted octanol–water partition coefficient (Wildman–Crippen LogP) is 4.23. The van der Waals surface area contributed by atoms with Crippen molar-refractivity contribution in [2.45, 2.75) is 39.1 Å². The van der Waals surface area contributed by atoms with Crippen LogP contribution in [0.5, 0.6) is 0 Å². The van der Waals surface area contributed by atoms with Crippen molar-refractivity contribution in [3.8, 4) is 0 Å². The maximum absolute atomic E-state index is 12.5. The lowest BCUT2D eigenvalue weighted by Crippen LogP contribution is -2.32. The van der Waals surface area contributed by atoms with Crippen molar-refractivity contribution in [2.75, 3.05) is 13.2 Å². The van der Waals surface area contributed by atoms with Crippen molar-refractivity contribution >= 4 is 11.9 Å². The number of hydrogen-bond donors (Lipinski definition) is 2. The molecule has 35 heavy (non-hydrogen) atoms. The molecule has 2 heterocycles. The number of aryl methyl sites for hydroxylation is 2. The highest BCUT2D eigenvalue weighted by atomic mass is 19.4. The van der Waals surface area contributed by atoms with Gasteiger partial charge in [-0.1, -0.05) is 36.4 Å². The summed E-state index contributed by atoms with van der Waals surface area (Å²) >= 11 is 0. The summed E-state index contributed by atoms with van der Waals surface area (Å²) < 4.78 is 39.6. The first-order valence-corrected chi connectivity index (χ1v) is 10.9. The number of carbonyl (C=O) groups excluding carboxylic acids is 1. The lowest BCUT2D eigenvalue weighted by atomic mass is 10.0. The smallest absolute Gasteiger partial charge is 0.475 e. The third-order valence-electron chi connectivity index (χ3n) is 5.51. The van der Waals surface area contributed by atoms with Crippen LogP contribution in [0.3, 0.4) is 0 Å². The molecule has 0 spiro atoms. The van der Waals surface area contributed by atoms with Gasteiger partial charge in [0.1, 0.15) is 6.10 Å². The van der Waals surface area contributed by atoms with E-state index in [0.29, 0.717) is 18.7 Å². The quantitative estimate of drug-likeness (QED) is 0.560. The van der Waals surface area contributed by atoms with Crippen molar-refractivity contribution in [1.82, 2.24) is 15.1 Å². The molecule has 1 unspecified atom stereocenters. The largest absolute Gasteiger partial charge is 0.490 e. The Bertz CT molecular complexity index is 1180. The topological polar surface area (TPSA) is 93.5 Å². The third kappa shape index (κ3) is 7.16. The molecule has 0 bridgehead atoms. The summed E-state index contributed by atoms with van der Waals surface area (Å²) in [5.41, 5.74) is 6.32. The van der Waals surface area contributed by atoms with Crippen LogP contribution >= 0.6 is 0 Å². The molecule has 1 aliphatic rings. The van der Waals surface area contributed by atoms with Gasteiger partial charge < -0.3 is 15.2 Å². The molecule has 0 saturated heterocycles. The van der Waals surface area contributed by atoms with Crippen LogP contribution in [0.4, 0.5) is 13.2 Å². The van der Waals surface area contributed by atoms with E-state index in [1.807, 2.05) is 54.9 Å². The van der Waals surface area contributed by atoms with Crippen molar-refractivity contribution in [3.63, 3.8) is 0 Å². The highest BCUT2D eigenvalue weighted by Crippen LogP contribution is 2.25. The molecular weight excluding hydrogens is 463 g/mol. The highest BCUT2D eigenvalue weighted by Gasteiger charge is 2.38. The first-order valence-electron chi connectivity index (χ1n) is 10.9. The molecule has 10 heteroatoms. The lowest BCUT2D eigenvalue weighted by Gasteiger charge is -2.22. The van der Waals surface area contributed by atoms with Crippen LogP contribution in [-0.2, 0) is 22.5 Å². The minimum absolute atomic E-state index is 0.0810. The van der Waals surface area contributed by atoms with Gasteiger partial charge >= 0.3 is 12.1 Å². The summed E-state index contributed by atoms with van der Waals surface area (Å²) in [6, 6.07) is 16.0. The first-order chi connectivity index (χ1) is 16.5. The number of aromatic nitrogens is 2. The second kappa shape index (κ2) is 11.2. The molecule has 1 atom stereocenters. The Hall–Kier alpha value is -3.66. The zero-order valence-corrected chi connectivity index (χ0v) is 19.3. The molecule has 186 valence electrons. The van der Waals surface area contributed by atoms with E-state index in [0.717, 1.165) is 24.2 Å². The fourth-order valence-corrected chi connectivity index (χ4v) is 3.51. The molecule has 0 radical (unpaired) electrons. The van der Waals surface area contributed by atoms with Crippen LogP contribution in [0.15, 0.2) is 54.7 Å². The number of hydrogen-bond acceptors (Lipinski definition) is 4. The molecule has 1 amide bonds. The van der Waals surface area contributed by atoms with Crippen molar-refractivity contribution in [1.29, 1.82) is 0 Å². The fraction of sp³-hybridized carbons (Fsp3) is 0.320. The Morgan fingerprint density at radius 1 is 1.14 bits per heavy atom. The van der Waals surface area contributed by atoms with Crippen LogP contribution in [-0.4, -0.2) is 46.1 Å².